The fraction of sp³-hybridized carbons (Fsp3) is 0.421. The van der Waals surface area contributed by atoms with E-state index in [0.29, 0.717) is 23.7 Å². The average molecular weight is 395 g/mol. The summed E-state index contributed by atoms with van der Waals surface area (Å²) >= 11 is 0. The van der Waals surface area contributed by atoms with Crippen molar-refractivity contribution in [3.63, 3.8) is 0 Å². The normalized spacial score (nSPS) is 21.3. The molecule has 5 rings (SSSR count). The third-order valence-electron chi connectivity index (χ3n) is 5.86. The van der Waals surface area contributed by atoms with E-state index in [1.54, 1.807) is 18.5 Å². The summed E-state index contributed by atoms with van der Waals surface area (Å²) in [4.78, 5) is 28.4. The van der Waals surface area contributed by atoms with Crippen molar-refractivity contribution >= 4 is 34.3 Å². The van der Waals surface area contributed by atoms with Crippen molar-refractivity contribution < 1.29 is 9.91 Å². The van der Waals surface area contributed by atoms with Gasteiger partial charge in [-0.05, 0) is 37.3 Å². The first-order valence-electron chi connectivity index (χ1n) is 9.92. The molecule has 0 unspecified atom stereocenters. The molecule has 0 bridgehead atoms. The smallest absolute Gasteiger partial charge is 0.337 e. The van der Waals surface area contributed by atoms with Gasteiger partial charge in [0, 0.05) is 24.6 Å². The van der Waals surface area contributed by atoms with Crippen LogP contribution in [0.1, 0.15) is 31.2 Å². The van der Waals surface area contributed by atoms with Gasteiger partial charge in [-0.2, -0.15) is 0 Å². The number of rotatable bonds is 4. The number of hydrogen-bond donors (Lipinski definition) is 3. The maximum absolute atomic E-state index is 11.1. The third kappa shape index (κ3) is 3.25. The van der Waals surface area contributed by atoms with Crippen LogP contribution in [0.5, 0.6) is 0 Å². The van der Waals surface area contributed by atoms with Gasteiger partial charge < -0.3 is 10.7 Å². The van der Waals surface area contributed by atoms with Crippen molar-refractivity contribution in [3.8, 4) is 0 Å². The number of non-ortho nitro benzene ring substituents is 1. The minimum atomic E-state index is -0.354. The van der Waals surface area contributed by atoms with E-state index in [2.05, 4.69) is 30.2 Å². The summed E-state index contributed by atoms with van der Waals surface area (Å²) in [5, 5.41) is 14.6. The molecule has 29 heavy (non-hydrogen) atoms. The Kier molecular flexibility index (Phi) is 4.27. The predicted octanol–water partition coefficient (Wildman–Crippen LogP) is 2.06. The standard InChI is InChI=1S/C19H22N8O2/c20-12-1-3-13(4-2-12)23-19-24-17-16(21-10-22-17)18(25-19)26-8-7-11-9-14(27(28)29)5-6-15(11)26/h5-6,9-10,12-13H,1-4,7-8,20H2,(H2,21,22,23,24,25)/p+1. The number of nitrogens with two attached hydrogens (primary N) is 1. The Hall–Kier alpha value is -3.27. The van der Waals surface area contributed by atoms with Gasteiger partial charge in [0.05, 0.1) is 29.5 Å². The highest BCUT2D eigenvalue weighted by Crippen LogP contribution is 2.36. The number of benzene rings is 1. The average Bonchev–Trinajstić information content (AvgIpc) is 3.35. The number of aromatic amines is 2. The summed E-state index contributed by atoms with van der Waals surface area (Å²) in [5.74, 6) is 1.53. The monoisotopic (exact) mass is 395 g/mol. The van der Waals surface area contributed by atoms with Gasteiger partial charge in [0.15, 0.2) is 5.52 Å². The number of hydrogen-bond acceptors (Lipinski definition) is 7. The summed E-state index contributed by atoms with van der Waals surface area (Å²) in [7, 11) is 0. The van der Waals surface area contributed by atoms with Gasteiger partial charge in [-0.1, -0.05) is 4.98 Å². The van der Waals surface area contributed by atoms with E-state index >= 15 is 0 Å². The minimum Gasteiger partial charge on any atom is -0.337 e. The number of nitrogens with zero attached hydrogens (tertiary/aromatic N) is 4. The van der Waals surface area contributed by atoms with Crippen molar-refractivity contribution in [2.75, 3.05) is 16.8 Å². The Bertz CT molecular complexity index is 1070. The Labute approximate surface area is 166 Å². The fourth-order valence-electron chi connectivity index (χ4n) is 4.32. The van der Waals surface area contributed by atoms with Crippen molar-refractivity contribution in [2.24, 2.45) is 5.73 Å². The molecular formula is C19H23N8O2+. The van der Waals surface area contributed by atoms with Gasteiger partial charge in [-0.15, -0.1) is 0 Å². The third-order valence-corrected chi connectivity index (χ3v) is 5.86. The largest absolute Gasteiger partial charge is 0.347 e. The summed E-state index contributed by atoms with van der Waals surface area (Å²) < 4.78 is 0. The first-order chi connectivity index (χ1) is 14.1. The molecule has 0 amide bonds. The fourth-order valence-corrected chi connectivity index (χ4v) is 4.32. The molecule has 0 spiro atoms. The molecule has 3 heterocycles. The lowest BCUT2D eigenvalue weighted by Gasteiger charge is -2.25. The second kappa shape index (κ2) is 6.96. The molecule has 1 fully saturated rings. The van der Waals surface area contributed by atoms with E-state index in [1.165, 1.54) is 0 Å². The second-order valence-corrected chi connectivity index (χ2v) is 7.76. The lowest BCUT2D eigenvalue weighted by Crippen LogP contribution is -2.35. The molecule has 1 saturated carbocycles. The van der Waals surface area contributed by atoms with Gasteiger partial charge in [-0.3, -0.25) is 20.3 Å². The van der Waals surface area contributed by atoms with Crippen LogP contribution in [-0.4, -0.2) is 38.5 Å². The van der Waals surface area contributed by atoms with E-state index in [-0.39, 0.29) is 10.6 Å². The number of nitro groups is 1. The van der Waals surface area contributed by atoms with E-state index in [1.807, 2.05) is 6.07 Å². The van der Waals surface area contributed by atoms with Crippen LogP contribution in [0.2, 0.25) is 0 Å². The number of nitro benzene ring substituents is 1. The number of aromatic nitrogens is 4. The van der Waals surface area contributed by atoms with E-state index in [9.17, 15) is 10.1 Å². The molecule has 5 N–H and O–H groups in total. The van der Waals surface area contributed by atoms with Crippen LogP contribution < -0.4 is 20.9 Å². The molecule has 1 aliphatic heterocycles. The number of anilines is 3. The van der Waals surface area contributed by atoms with Crippen LogP contribution in [0.4, 0.5) is 23.1 Å². The molecule has 2 aromatic heterocycles. The molecule has 1 aromatic carbocycles. The van der Waals surface area contributed by atoms with Crippen molar-refractivity contribution in [1.29, 1.82) is 0 Å². The van der Waals surface area contributed by atoms with E-state index in [4.69, 9.17) is 5.73 Å². The van der Waals surface area contributed by atoms with Crippen molar-refractivity contribution in [1.82, 2.24) is 15.0 Å². The molecule has 3 aromatic rings. The molecule has 10 heteroatoms. The number of imidazole rings is 1. The molecule has 10 nitrogen and oxygen atoms in total. The maximum atomic E-state index is 11.1. The number of fused-ring (bicyclic) bond motifs is 2. The molecule has 0 radical (unpaired) electrons. The first kappa shape index (κ1) is 17.8. The second-order valence-electron chi connectivity index (χ2n) is 7.76. The van der Waals surface area contributed by atoms with Crippen LogP contribution >= 0.6 is 0 Å². The summed E-state index contributed by atoms with van der Waals surface area (Å²) in [6.07, 6.45) is 6.42. The van der Waals surface area contributed by atoms with Gasteiger partial charge in [0.1, 0.15) is 0 Å². The predicted molar refractivity (Wildman–Crippen MR) is 108 cm³/mol. The summed E-state index contributed by atoms with van der Waals surface area (Å²) in [6, 6.07) is 5.64. The van der Waals surface area contributed by atoms with Gasteiger partial charge in [0.25, 0.3) is 5.69 Å². The topological polar surface area (TPSA) is 140 Å². The van der Waals surface area contributed by atoms with Gasteiger partial charge in [0.2, 0.25) is 11.5 Å². The van der Waals surface area contributed by atoms with E-state index < -0.39 is 0 Å². The zero-order valence-corrected chi connectivity index (χ0v) is 15.9. The Morgan fingerprint density at radius 3 is 2.93 bits per heavy atom. The van der Waals surface area contributed by atoms with Crippen molar-refractivity contribution in [2.45, 2.75) is 44.2 Å². The Morgan fingerprint density at radius 2 is 2.14 bits per heavy atom. The maximum Gasteiger partial charge on any atom is 0.347 e. The van der Waals surface area contributed by atoms with Crippen LogP contribution in [0, 0.1) is 10.1 Å². The minimum absolute atomic E-state index is 0.119. The highest BCUT2D eigenvalue weighted by Gasteiger charge is 2.31. The quantitative estimate of drug-likeness (QED) is 0.453. The van der Waals surface area contributed by atoms with Gasteiger partial charge in [-0.25, -0.2) is 9.97 Å². The zero-order chi connectivity index (χ0) is 20.0. The highest BCUT2D eigenvalue weighted by molar-refractivity contribution is 5.86. The summed E-state index contributed by atoms with van der Waals surface area (Å²) in [6.45, 7) is 0.725. The molecule has 0 saturated heterocycles. The highest BCUT2D eigenvalue weighted by atomic mass is 16.6. The SMILES string of the molecule is NC1CCC(Nc2nc3nc[nH]c3c(N3CCc4cc([N+](=O)[O-])ccc43)[nH+]2)CC1. The molecule has 150 valence electrons. The number of nitrogens with one attached hydrogen (secondary N) is 3. The Balaban J connectivity index is 1.49. The Morgan fingerprint density at radius 1 is 1.31 bits per heavy atom. The summed E-state index contributed by atoms with van der Waals surface area (Å²) in [5.41, 5.74) is 9.51. The lowest BCUT2D eigenvalue weighted by atomic mass is 9.92. The molecule has 2 aliphatic rings. The van der Waals surface area contributed by atoms with Crippen LogP contribution in [0.3, 0.4) is 0 Å². The lowest BCUT2D eigenvalue weighted by molar-refractivity contribution is -0.384. The van der Waals surface area contributed by atoms with Crippen LogP contribution in [0.25, 0.3) is 11.2 Å². The molecular weight excluding hydrogens is 372 g/mol. The zero-order valence-electron chi connectivity index (χ0n) is 15.9. The van der Waals surface area contributed by atoms with Gasteiger partial charge >= 0.3 is 5.95 Å². The van der Waals surface area contributed by atoms with Crippen LogP contribution in [-0.2, 0) is 6.42 Å². The van der Waals surface area contributed by atoms with E-state index in [0.717, 1.165) is 61.2 Å². The van der Waals surface area contributed by atoms with Crippen LogP contribution in [0.15, 0.2) is 24.5 Å². The number of H-pyrrole nitrogens is 2. The molecule has 0 atom stereocenters. The van der Waals surface area contributed by atoms with Crippen molar-refractivity contribution in [3.05, 3.63) is 40.2 Å². The molecule has 1 aliphatic carbocycles. The first-order valence-corrected chi connectivity index (χ1v) is 9.92.